The lowest BCUT2D eigenvalue weighted by molar-refractivity contribution is 0.0963. The zero-order valence-electron chi connectivity index (χ0n) is 11.7. The summed E-state index contributed by atoms with van der Waals surface area (Å²) in [6.07, 6.45) is 2.42. The van der Waals surface area contributed by atoms with Gasteiger partial charge >= 0.3 is 0 Å². The molecule has 110 valence electrons. The van der Waals surface area contributed by atoms with E-state index in [0.29, 0.717) is 18.7 Å². The highest BCUT2D eigenvalue weighted by Crippen LogP contribution is 2.30. The quantitative estimate of drug-likeness (QED) is 0.772. The number of carbonyl (C=O) groups is 1. The zero-order valence-corrected chi connectivity index (χ0v) is 13.9. The molecule has 1 aromatic carbocycles. The highest BCUT2D eigenvalue weighted by atomic mass is 127. The van der Waals surface area contributed by atoms with E-state index in [-0.39, 0.29) is 11.6 Å². The summed E-state index contributed by atoms with van der Waals surface area (Å²) in [7, 11) is 0. The Morgan fingerprint density at radius 3 is 2.86 bits per heavy atom. The molecule has 0 saturated heterocycles. The number of aromatic nitrogens is 1. The minimum atomic E-state index is -0.282. The number of halogens is 2. The number of benzene rings is 1. The van der Waals surface area contributed by atoms with Gasteiger partial charge in [0.15, 0.2) is 5.78 Å². The van der Waals surface area contributed by atoms with Crippen LogP contribution >= 0.6 is 22.6 Å². The molecule has 3 nitrogen and oxygen atoms in total. The van der Waals surface area contributed by atoms with Crippen molar-refractivity contribution in [2.24, 2.45) is 0 Å². The predicted octanol–water partition coefficient (Wildman–Crippen LogP) is 4.51. The van der Waals surface area contributed by atoms with Crippen molar-refractivity contribution in [3.63, 3.8) is 0 Å². The Balaban J connectivity index is 2.01. The first kappa shape index (κ1) is 14.6. The minimum Gasteiger partial charge on any atom is -0.339 e. The normalized spacial score (nSPS) is 14.1. The molecule has 5 heteroatoms. The molecular formula is C16H16FIN2O. The summed E-state index contributed by atoms with van der Waals surface area (Å²) >= 11 is 2.08. The van der Waals surface area contributed by atoms with Crippen LogP contribution in [0.5, 0.6) is 0 Å². The number of fused-ring (bicyclic) bond motifs is 1. The molecule has 0 amide bonds. The molecule has 1 aliphatic carbocycles. The van der Waals surface area contributed by atoms with Crippen LogP contribution in [0.15, 0.2) is 24.3 Å². The Morgan fingerprint density at radius 2 is 2.14 bits per heavy atom. The number of hydrogen-bond acceptors (Lipinski definition) is 2. The van der Waals surface area contributed by atoms with E-state index in [4.69, 9.17) is 0 Å². The van der Waals surface area contributed by atoms with Crippen molar-refractivity contribution in [1.29, 1.82) is 0 Å². The van der Waals surface area contributed by atoms with Crippen LogP contribution in [-0.2, 0) is 13.0 Å². The van der Waals surface area contributed by atoms with Crippen molar-refractivity contribution in [3.8, 4) is 0 Å². The Hall–Kier alpha value is -1.37. The monoisotopic (exact) mass is 398 g/mol. The first-order valence-electron chi connectivity index (χ1n) is 7.08. The lowest BCUT2D eigenvalue weighted by Crippen LogP contribution is -2.15. The molecule has 1 heterocycles. The zero-order chi connectivity index (χ0) is 15.0. The number of rotatable bonds is 3. The van der Waals surface area contributed by atoms with Gasteiger partial charge in [0.05, 0.1) is 11.4 Å². The van der Waals surface area contributed by atoms with E-state index >= 15 is 0 Å². The maximum atomic E-state index is 14.0. The van der Waals surface area contributed by atoms with Crippen molar-refractivity contribution in [2.75, 3.05) is 5.32 Å². The molecule has 0 spiro atoms. The maximum Gasteiger partial charge on any atom is 0.179 e. The third-order valence-corrected chi connectivity index (χ3v) is 4.47. The second kappa shape index (κ2) is 5.79. The molecule has 0 bridgehead atoms. The van der Waals surface area contributed by atoms with Gasteiger partial charge in [-0.25, -0.2) is 4.39 Å². The molecule has 0 radical (unpaired) electrons. The SMILES string of the molecule is CCn1c(Nc2ccc(I)cc2F)cc2c1C(=O)CCC2. The average molecular weight is 398 g/mol. The van der Waals surface area contributed by atoms with E-state index in [1.807, 2.05) is 23.6 Å². The second-order valence-electron chi connectivity index (χ2n) is 5.17. The van der Waals surface area contributed by atoms with Gasteiger partial charge < -0.3 is 9.88 Å². The van der Waals surface area contributed by atoms with Crippen LogP contribution in [-0.4, -0.2) is 10.4 Å². The molecular weight excluding hydrogens is 382 g/mol. The first-order valence-corrected chi connectivity index (χ1v) is 8.15. The Morgan fingerprint density at radius 1 is 1.33 bits per heavy atom. The third-order valence-electron chi connectivity index (χ3n) is 3.80. The van der Waals surface area contributed by atoms with Gasteiger partial charge in [-0.05, 0) is 72.2 Å². The Bertz CT molecular complexity index is 709. The van der Waals surface area contributed by atoms with Crippen LogP contribution < -0.4 is 5.32 Å². The molecule has 0 saturated carbocycles. The lowest BCUT2D eigenvalue weighted by Gasteiger charge is -2.15. The first-order chi connectivity index (χ1) is 10.1. The Kier molecular flexibility index (Phi) is 4.01. The van der Waals surface area contributed by atoms with Crippen molar-refractivity contribution in [3.05, 3.63) is 44.9 Å². The summed E-state index contributed by atoms with van der Waals surface area (Å²) in [5.41, 5.74) is 2.30. The Labute approximate surface area is 136 Å². The van der Waals surface area contributed by atoms with Crippen LogP contribution in [0.25, 0.3) is 0 Å². The van der Waals surface area contributed by atoms with Gasteiger partial charge in [0.2, 0.25) is 0 Å². The number of carbonyl (C=O) groups excluding carboxylic acids is 1. The number of nitrogens with one attached hydrogen (secondary N) is 1. The van der Waals surface area contributed by atoms with Crippen molar-refractivity contribution in [2.45, 2.75) is 32.7 Å². The molecule has 0 unspecified atom stereocenters. The van der Waals surface area contributed by atoms with Gasteiger partial charge in [0, 0.05) is 16.5 Å². The highest BCUT2D eigenvalue weighted by Gasteiger charge is 2.24. The summed E-state index contributed by atoms with van der Waals surface area (Å²) in [5.74, 6) is 0.696. The standard InChI is InChI=1S/C16H16FIN2O/c1-2-20-15(8-10-4-3-5-14(21)16(10)20)19-13-7-6-11(18)9-12(13)17/h6-9,19H,2-5H2,1H3. The third kappa shape index (κ3) is 2.71. The van der Waals surface area contributed by atoms with Crippen molar-refractivity contribution >= 4 is 39.9 Å². The fraction of sp³-hybridized carbons (Fsp3) is 0.312. The van der Waals surface area contributed by atoms with E-state index in [2.05, 4.69) is 27.9 Å². The van der Waals surface area contributed by atoms with Gasteiger partial charge in [0.25, 0.3) is 0 Å². The molecule has 0 aliphatic heterocycles. The number of anilines is 2. The number of ketones is 1. The fourth-order valence-electron chi connectivity index (χ4n) is 2.84. The topological polar surface area (TPSA) is 34.0 Å². The van der Waals surface area contributed by atoms with Crippen molar-refractivity contribution in [1.82, 2.24) is 4.57 Å². The van der Waals surface area contributed by atoms with Crippen LogP contribution in [0.4, 0.5) is 15.9 Å². The van der Waals surface area contributed by atoms with Gasteiger partial charge in [-0.1, -0.05) is 0 Å². The molecule has 2 aromatic rings. The molecule has 1 aromatic heterocycles. The van der Waals surface area contributed by atoms with Gasteiger partial charge in [0.1, 0.15) is 11.6 Å². The largest absolute Gasteiger partial charge is 0.339 e. The van der Waals surface area contributed by atoms with E-state index < -0.39 is 0 Å². The average Bonchev–Trinajstić information content (AvgIpc) is 2.80. The predicted molar refractivity (Wildman–Crippen MR) is 89.8 cm³/mol. The number of nitrogens with zero attached hydrogens (tertiary/aromatic N) is 1. The smallest absolute Gasteiger partial charge is 0.179 e. The summed E-state index contributed by atoms with van der Waals surface area (Å²) in [4.78, 5) is 12.1. The lowest BCUT2D eigenvalue weighted by atomic mass is 9.97. The molecule has 1 N–H and O–H groups in total. The van der Waals surface area contributed by atoms with Crippen LogP contribution in [0, 0.1) is 9.39 Å². The van der Waals surface area contributed by atoms with E-state index in [0.717, 1.165) is 33.5 Å². The van der Waals surface area contributed by atoms with Crippen LogP contribution in [0.1, 0.15) is 35.8 Å². The van der Waals surface area contributed by atoms with Crippen LogP contribution in [0.2, 0.25) is 0 Å². The summed E-state index contributed by atoms with van der Waals surface area (Å²) in [6.45, 7) is 2.69. The number of hydrogen-bond donors (Lipinski definition) is 1. The van der Waals surface area contributed by atoms with Crippen molar-refractivity contribution < 1.29 is 9.18 Å². The van der Waals surface area contributed by atoms with E-state index in [1.165, 1.54) is 6.07 Å². The van der Waals surface area contributed by atoms with Gasteiger partial charge in [-0.3, -0.25) is 4.79 Å². The summed E-state index contributed by atoms with van der Waals surface area (Å²) in [6, 6.07) is 7.06. The molecule has 21 heavy (non-hydrogen) atoms. The molecule has 1 aliphatic rings. The summed E-state index contributed by atoms with van der Waals surface area (Å²) < 4.78 is 16.8. The number of Topliss-reactive ketones (excluding diaryl/α,β-unsaturated/α-hetero) is 1. The highest BCUT2D eigenvalue weighted by molar-refractivity contribution is 14.1. The second-order valence-corrected chi connectivity index (χ2v) is 6.42. The van der Waals surface area contributed by atoms with Gasteiger partial charge in [-0.2, -0.15) is 0 Å². The maximum absolute atomic E-state index is 14.0. The van der Waals surface area contributed by atoms with E-state index in [1.54, 1.807) is 6.07 Å². The van der Waals surface area contributed by atoms with Gasteiger partial charge in [-0.15, -0.1) is 0 Å². The number of aryl methyl sites for hydroxylation is 1. The summed E-state index contributed by atoms with van der Waals surface area (Å²) in [5, 5.41) is 3.13. The van der Waals surface area contributed by atoms with E-state index in [9.17, 15) is 9.18 Å². The minimum absolute atomic E-state index is 0.189. The molecule has 0 atom stereocenters. The molecule has 0 fully saturated rings. The van der Waals surface area contributed by atoms with Crippen LogP contribution in [0.3, 0.4) is 0 Å². The molecule has 3 rings (SSSR count). The fourth-order valence-corrected chi connectivity index (χ4v) is 3.30.